The van der Waals surface area contributed by atoms with Gasteiger partial charge in [0.25, 0.3) is 0 Å². The minimum Gasteiger partial charge on any atom is -0.461 e. The standard InChI is InChI=1S/C12H16N2O3/c1-10(15)14(13)8-7-12(16)17-9-11-5-3-2-4-6-11/h2-6H,7-9,13H2,1H3. The Bertz CT molecular complexity index is 379. The molecule has 1 aromatic carbocycles. The zero-order chi connectivity index (χ0) is 12.7. The number of hydrazine groups is 1. The minimum atomic E-state index is -0.370. The highest BCUT2D eigenvalue weighted by Crippen LogP contribution is 2.01. The van der Waals surface area contributed by atoms with Crippen molar-refractivity contribution in [3.63, 3.8) is 0 Å². The molecule has 92 valence electrons. The van der Waals surface area contributed by atoms with Gasteiger partial charge in [-0.05, 0) is 5.56 Å². The van der Waals surface area contributed by atoms with E-state index >= 15 is 0 Å². The number of carbonyl (C=O) groups excluding carboxylic acids is 2. The smallest absolute Gasteiger partial charge is 0.307 e. The first-order valence-electron chi connectivity index (χ1n) is 5.32. The molecule has 0 unspecified atom stereocenters. The number of rotatable bonds is 5. The number of amides is 1. The van der Waals surface area contributed by atoms with Crippen LogP contribution in [0.5, 0.6) is 0 Å². The first-order valence-corrected chi connectivity index (χ1v) is 5.32. The molecule has 2 N–H and O–H groups in total. The normalized spacial score (nSPS) is 9.76. The molecule has 0 aliphatic rings. The van der Waals surface area contributed by atoms with Crippen molar-refractivity contribution in [2.75, 3.05) is 6.54 Å². The topological polar surface area (TPSA) is 72.6 Å². The lowest BCUT2D eigenvalue weighted by molar-refractivity contribution is -0.145. The number of nitrogens with two attached hydrogens (primary N) is 1. The first kappa shape index (κ1) is 13.2. The molecule has 1 rings (SSSR count). The summed E-state index contributed by atoms with van der Waals surface area (Å²) in [6.07, 6.45) is 0.100. The zero-order valence-electron chi connectivity index (χ0n) is 9.76. The second kappa shape index (κ2) is 6.65. The van der Waals surface area contributed by atoms with Crippen LogP contribution in [0.4, 0.5) is 0 Å². The van der Waals surface area contributed by atoms with Crippen molar-refractivity contribution < 1.29 is 14.3 Å². The van der Waals surface area contributed by atoms with E-state index in [1.54, 1.807) is 0 Å². The van der Waals surface area contributed by atoms with Crippen LogP contribution >= 0.6 is 0 Å². The monoisotopic (exact) mass is 236 g/mol. The van der Waals surface area contributed by atoms with Gasteiger partial charge in [0.2, 0.25) is 5.91 Å². The van der Waals surface area contributed by atoms with Gasteiger partial charge in [0.1, 0.15) is 6.61 Å². The molecule has 0 bridgehead atoms. The molecular formula is C12H16N2O3. The lowest BCUT2D eigenvalue weighted by atomic mass is 10.2. The Morgan fingerprint density at radius 1 is 1.29 bits per heavy atom. The molecule has 17 heavy (non-hydrogen) atoms. The van der Waals surface area contributed by atoms with Crippen LogP contribution in [-0.4, -0.2) is 23.4 Å². The summed E-state index contributed by atoms with van der Waals surface area (Å²) in [7, 11) is 0. The van der Waals surface area contributed by atoms with Crippen molar-refractivity contribution in [1.82, 2.24) is 5.01 Å². The molecule has 1 aromatic rings. The summed E-state index contributed by atoms with van der Waals surface area (Å²) >= 11 is 0. The van der Waals surface area contributed by atoms with Crippen molar-refractivity contribution in [2.45, 2.75) is 20.0 Å². The number of carbonyl (C=O) groups is 2. The zero-order valence-corrected chi connectivity index (χ0v) is 9.76. The van der Waals surface area contributed by atoms with E-state index < -0.39 is 0 Å². The molecule has 1 amide bonds. The van der Waals surface area contributed by atoms with Crippen LogP contribution in [0.25, 0.3) is 0 Å². The third kappa shape index (κ3) is 5.12. The van der Waals surface area contributed by atoms with Gasteiger partial charge < -0.3 is 4.74 Å². The number of ether oxygens (including phenoxy) is 1. The highest BCUT2D eigenvalue weighted by Gasteiger charge is 2.08. The van der Waals surface area contributed by atoms with Gasteiger partial charge in [-0.3, -0.25) is 14.6 Å². The van der Waals surface area contributed by atoms with E-state index in [-0.39, 0.29) is 31.4 Å². The van der Waals surface area contributed by atoms with Gasteiger partial charge in [0.15, 0.2) is 0 Å². The maximum absolute atomic E-state index is 11.3. The third-order valence-corrected chi connectivity index (χ3v) is 2.20. The van der Waals surface area contributed by atoms with Crippen molar-refractivity contribution in [2.24, 2.45) is 5.84 Å². The van der Waals surface area contributed by atoms with Crippen LogP contribution in [0.3, 0.4) is 0 Å². The van der Waals surface area contributed by atoms with Crippen molar-refractivity contribution >= 4 is 11.9 Å². The minimum absolute atomic E-state index is 0.100. The Labute approximate surface area is 100 Å². The van der Waals surface area contributed by atoms with Crippen molar-refractivity contribution in [3.8, 4) is 0 Å². The Morgan fingerprint density at radius 3 is 2.53 bits per heavy atom. The predicted octanol–water partition coefficient (Wildman–Crippen LogP) is 0.842. The van der Waals surface area contributed by atoms with E-state index in [0.717, 1.165) is 10.6 Å². The van der Waals surface area contributed by atoms with Crippen molar-refractivity contribution in [3.05, 3.63) is 35.9 Å². The van der Waals surface area contributed by atoms with Gasteiger partial charge in [0.05, 0.1) is 6.42 Å². The van der Waals surface area contributed by atoms with E-state index in [4.69, 9.17) is 10.6 Å². The van der Waals surface area contributed by atoms with E-state index in [2.05, 4.69) is 0 Å². The maximum atomic E-state index is 11.3. The predicted molar refractivity (Wildman–Crippen MR) is 62.4 cm³/mol. The molecular weight excluding hydrogens is 220 g/mol. The molecule has 0 aliphatic carbocycles. The van der Waals surface area contributed by atoms with Crippen LogP contribution in [-0.2, 0) is 20.9 Å². The first-order chi connectivity index (χ1) is 8.09. The van der Waals surface area contributed by atoms with Gasteiger partial charge in [-0.2, -0.15) is 0 Å². The summed E-state index contributed by atoms with van der Waals surface area (Å²) in [5.41, 5.74) is 0.928. The highest BCUT2D eigenvalue weighted by atomic mass is 16.5. The molecule has 0 aliphatic heterocycles. The lowest BCUT2D eigenvalue weighted by Gasteiger charge is -2.13. The summed E-state index contributed by atoms with van der Waals surface area (Å²) < 4.78 is 5.03. The number of hydrogen-bond donors (Lipinski definition) is 1. The molecule has 0 spiro atoms. The number of hydrogen-bond acceptors (Lipinski definition) is 4. The summed E-state index contributed by atoms with van der Waals surface area (Å²) in [5.74, 6) is 4.70. The largest absolute Gasteiger partial charge is 0.461 e. The number of benzene rings is 1. The molecule has 0 fully saturated rings. The van der Waals surface area contributed by atoms with Crippen LogP contribution < -0.4 is 5.84 Å². The molecule has 0 saturated carbocycles. The molecule has 0 radical (unpaired) electrons. The summed E-state index contributed by atoms with van der Waals surface area (Å²) in [6.45, 7) is 1.75. The molecule has 5 heteroatoms. The van der Waals surface area contributed by atoms with Crippen LogP contribution in [0.1, 0.15) is 18.9 Å². The summed E-state index contributed by atoms with van der Waals surface area (Å²) in [6, 6.07) is 9.39. The molecule has 0 aromatic heterocycles. The Balaban J connectivity index is 2.24. The fraction of sp³-hybridized carbons (Fsp3) is 0.333. The van der Waals surface area contributed by atoms with Gasteiger partial charge in [-0.25, -0.2) is 5.84 Å². The second-order valence-electron chi connectivity index (χ2n) is 3.61. The van der Waals surface area contributed by atoms with E-state index in [1.807, 2.05) is 30.3 Å². The Hall–Kier alpha value is -1.88. The van der Waals surface area contributed by atoms with Gasteiger partial charge in [-0.15, -0.1) is 0 Å². The lowest BCUT2D eigenvalue weighted by Crippen LogP contribution is -2.37. The van der Waals surface area contributed by atoms with Gasteiger partial charge in [0, 0.05) is 13.5 Å². The Kier molecular flexibility index (Phi) is 5.16. The van der Waals surface area contributed by atoms with Gasteiger partial charge >= 0.3 is 5.97 Å². The summed E-state index contributed by atoms with van der Waals surface area (Å²) in [5, 5.41) is 0.990. The fourth-order valence-electron chi connectivity index (χ4n) is 1.18. The number of nitrogens with zero attached hydrogens (tertiary/aromatic N) is 1. The highest BCUT2D eigenvalue weighted by molar-refractivity contribution is 5.74. The van der Waals surface area contributed by atoms with Crippen LogP contribution in [0, 0.1) is 0 Å². The molecule has 0 atom stereocenters. The Morgan fingerprint density at radius 2 is 1.94 bits per heavy atom. The summed E-state index contributed by atoms with van der Waals surface area (Å²) in [4.78, 5) is 22.1. The van der Waals surface area contributed by atoms with E-state index in [1.165, 1.54) is 6.92 Å². The number of esters is 1. The molecule has 0 heterocycles. The van der Waals surface area contributed by atoms with Crippen LogP contribution in [0.15, 0.2) is 30.3 Å². The van der Waals surface area contributed by atoms with E-state index in [9.17, 15) is 9.59 Å². The van der Waals surface area contributed by atoms with Crippen molar-refractivity contribution in [1.29, 1.82) is 0 Å². The van der Waals surface area contributed by atoms with Gasteiger partial charge in [-0.1, -0.05) is 30.3 Å². The SMILES string of the molecule is CC(=O)N(N)CCC(=O)OCc1ccccc1. The average Bonchev–Trinajstić information content (AvgIpc) is 2.34. The average molecular weight is 236 g/mol. The third-order valence-electron chi connectivity index (χ3n) is 2.20. The quantitative estimate of drug-likeness (QED) is 0.356. The molecule has 0 saturated heterocycles. The fourth-order valence-corrected chi connectivity index (χ4v) is 1.18. The second-order valence-corrected chi connectivity index (χ2v) is 3.61. The van der Waals surface area contributed by atoms with E-state index in [0.29, 0.717) is 0 Å². The molecule has 5 nitrogen and oxygen atoms in total. The van der Waals surface area contributed by atoms with Crippen LogP contribution in [0.2, 0.25) is 0 Å². The maximum Gasteiger partial charge on any atom is 0.307 e.